The number of amides is 3. The fourth-order valence-corrected chi connectivity index (χ4v) is 1.54. The van der Waals surface area contributed by atoms with Gasteiger partial charge in [-0.1, -0.05) is 26.0 Å². The van der Waals surface area contributed by atoms with E-state index in [4.69, 9.17) is 4.74 Å². The smallest absolute Gasteiger partial charge is 0.344 e. The number of aldehydes is 1. The van der Waals surface area contributed by atoms with Gasteiger partial charge in [-0.25, -0.2) is 9.59 Å². The van der Waals surface area contributed by atoms with Crippen molar-refractivity contribution in [2.45, 2.75) is 13.8 Å². The number of nitrogens with one attached hydrogen (secondary N) is 2. The number of esters is 1. The maximum atomic E-state index is 11.5. The quantitative estimate of drug-likeness (QED) is 0.539. The summed E-state index contributed by atoms with van der Waals surface area (Å²) in [5, 5.41) is 4.52. The van der Waals surface area contributed by atoms with Crippen molar-refractivity contribution in [1.29, 1.82) is 0 Å². The first-order chi connectivity index (χ1) is 11.4. The van der Waals surface area contributed by atoms with Gasteiger partial charge in [0, 0.05) is 6.54 Å². The Bertz CT molecular complexity index is 600. The number of para-hydroxylation sites is 1. The van der Waals surface area contributed by atoms with Crippen molar-refractivity contribution in [3.05, 3.63) is 29.8 Å². The topological polar surface area (TPSA) is 111 Å². The summed E-state index contributed by atoms with van der Waals surface area (Å²) in [6.07, 6.45) is 0.601. The van der Waals surface area contributed by atoms with Crippen LogP contribution in [0.3, 0.4) is 0 Å². The minimum absolute atomic E-state index is 0.238. The second kappa shape index (κ2) is 9.98. The fraction of sp³-hybridized carbons (Fsp3) is 0.375. The van der Waals surface area contributed by atoms with Crippen molar-refractivity contribution in [2.75, 3.05) is 19.8 Å². The van der Waals surface area contributed by atoms with E-state index < -0.39 is 31.1 Å². The third-order valence-corrected chi connectivity index (χ3v) is 2.68. The molecule has 1 rings (SSSR count). The van der Waals surface area contributed by atoms with E-state index in [0.29, 0.717) is 18.4 Å². The molecule has 0 unspecified atom stereocenters. The van der Waals surface area contributed by atoms with E-state index in [9.17, 15) is 19.2 Å². The van der Waals surface area contributed by atoms with Crippen LogP contribution in [-0.2, 0) is 14.3 Å². The van der Waals surface area contributed by atoms with Crippen molar-refractivity contribution in [2.24, 2.45) is 5.92 Å². The van der Waals surface area contributed by atoms with E-state index in [1.807, 2.05) is 19.2 Å². The molecule has 0 saturated heterocycles. The van der Waals surface area contributed by atoms with Gasteiger partial charge in [0.1, 0.15) is 5.75 Å². The monoisotopic (exact) mass is 336 g/mol. The van der Waals surface area contributed by atoms with Gasteiger partial charge in [0.05, 0.1) is 5.56 Å². The molecule has 1 aromatic carbocycles. The minimum atomic E-state index is -0.798. The molecule has 0 aliphatic heterocycles. The summed E-state index contributed by atoms with van der Waals surface area (Å²) in [5.74, 6) is -1.07. The lowest BCUT2D eigenvalue weighted by Gasteiger charge is -2.10. The summed E-state index contributed by atoms with van der Waals surface area (Å²) in [7, 11) is 0. The van der Waals surface area contributed by atoms with Gasteiger partial charge in [0.2, 0.25) is 0 Å². The Hall–Kier alpha value is -2.90. The Kier molecular flexibility index (Phi) is 7.97. The summed E-state index contributed by atoms with van der Waals surface area (Å²) in [6.45, 7) is 3.17. The summed E-state index contributed by atoms with van der Waals surface area (Å²) < 4.78 is 9.83. The number of carbonyl (C=O) groups excluding carboxylic acids is 4. The van der Waals surface area contributed by atoms with Crippen LogP contribution in [0.5, 0.6) is 5.75 Å². The average Bonchev–Trinajstić information content (AvgIpc) is 2.56. The Labute approximate surface area is 139 Å². The van der Waals surface area contributed by atoms with Crippen LogP contribution in [-0.4, -0.2) is 44.0 Å². The second-order valence-corrected chi connectivity index (χ2v) is 5.26. The predicted octanol–water partition coefficient (Wildman–Crippen LogP) is 0.903. The third-order valence-electron chi connectivity index (χ3n) is 2.68. The van der Waals surface area contributed by atoms with E-state index >= 15 is 0 Å². The zero-order valence-electron chi connectivity index (χ0n) is 13.5. The zero-order valence-corrected chi connectivity index (χ0v) is 13.5. The number of rotatable bonds is 8. The highest BCUT2D eigenvalue weighted by molar-refractivity contribution is 5.95. The Morgan fingerprint density at radius 3 is 2.54 bits per heavy atom. The van der Waals surface area contributed by atoms with Crippen LogP contribution in [0.4, 0.5) is 4.79 Å². The molecule has 0 bridgehead atoms. The highest BCUT2D eigenvalue weighted by atomic mass is 16.6. The maximum absolute atomic E-state index is 11.5. The number of hydrogen-bond donors (Lipinski definition) is 2. The standard InChI is InChI=1S/C16H20N2O6/c1-11(2)7-17-16(22)18-14(20)9-24-15(21)10-23-13-6-4-3-5-12(13)8-19/h3-6,8,11H,7,9-10H2,1-2H3,(H2,17,18,20,22). The van der Waals surface area contributed by atoms with Gasteiger partial charge in [-0.15, -0.1) is 0 Å². The van der Waals surface area contributed by atoms with Gasteiger partial charge in [-0.2, -0.15) is 0 Å². The highest BCUT2D eigenvalue weighted by Gasteiger charge is 2.12. The lowest BCUT2D eigenvalue weighted by molar-refractivity contribution is -0.150. The Morgan fingerprint density at radius 1 is 1.17 bits per heavy atom. The van der Waals surface area contributed by atoms with Gasteiger partial charge < -0.3 is 14.8 Å². The van der Waals surface area contributed by atoms with Gasteiger partial charge in [0.25, 0.3) is 5.91 Å². The molecule has 0 fully saturated rings. The van der Waals surface area contributed by atoms with E-state index in [2.05, 4.69) is 10.1 Å². The van der Waals surface area contributed by atoms with Crippen LogP contribution >= 0.6 is 0 Å². The fourth-order valence-electron chi connectivity index (χ4n) is 1.54. The molecule has 0 saturated carbocycles. The molecule has 0 spiro atoms. The van der Waals surface area contributed by atoms with Gasteiger partial charge in [-0.05, 0) is 18.1 Å². The largest absolute Gasteiger partial charge is 0.481 e. The van der Waals surface area contributed by atoms with Gasteiger partial charge in [0.15, 0.2) is 19.5 Å². The molecule has 8 heteroatoms. The number of ether oxygens (including phenoxy) is 2. The molecule has 130 valence electrons. The third kappa shape index (κ3) is 7.39. The minimum Gasteiger partial charge on any atom is -0.481 e. The number of carbonyl (C=O) groups is 4. The predicted molar refractivity (Wildman–Crippen MR) is 84.7 cm³/mol. The first-order valence-electron chi connectivity index (χ1n) is 7.32. The molecular formula is C16H20N2O6. The SMILES string of the molecule is CC(C)CNC(=O)NC(=O)COC(=O)COc1ccccc1C=O. The molecule has 8 nitrogen and oxygen atoms in total. The maximum Gasteiger partial charge on any atom is 0.344 e. The van der Waals surface area contributed by atoms with E-state index in [1.165, 1.54) is 12.1 Å². The van der Waals surface area contributed by atoms with Crippen LogP contribution in [0, 0.1) is 5.92 Å². The summed E-state index contributed by atoms with van der Waals surface area (Å²) in [4.78, 5) is 45.1. The molecule has 3 amide bonds. The molecule has 2 N–H and O–H groups in total. The lowest BCUT2D eigenvalue weighted by Crippen LogP contribution is -2.42. The van der Waals surface area contributed by atoms with Crippen LogP contribution in [0.2, 0.25) is 0 Å². The molecule has 0 aliphatic carbocycles. The molecule has 0 heterocycles. The van der Waals surface area contributed by atoms with Crippen molar-refractivity contribution in [3.8, 4) is 5.75 Å². The van der Waals surface area contributed by atoms with Crippen molar-refractivity contribution < 1.29 is 28.7 Å². The summed E-state index contributed by atoms with van der Waals surface area (Å²) in [6, 6.07) is 5.72. The number of hydrogen-bond acceptors (Lipinski definition) is 6. The molecule has 0 aromatic heterocycles. The van der Waals surface area contributed by atoms with Crippen molar-refractivity contribution >= 4 is 24.2 Å². The van der Waals surface area contributed by atoms with Crippen LogP contribution in [0.1, 0.15) is 24.2 Å². The van der Waals surface area contributed by atoms with E-state index in [0.717, 1.165) is 0 Å². The van der Waals surface area contributed by atoms with Crippen molar-refractivity contribution in [3.63, 3.8) is 0 Å². The van der Waals surface area contributed by atoms with E-state index in [-0.39, 0.29) is 11.7 Å². The summed E-state index contributed by atoms with van der Waals surface area (Å²) in [5.41, 5.74) is 0.296. The molecule has 0 aliphatic rings. The average molecular weight is 336 g/mol. The molecule has 0 atom stereocenters. The second-order valence-electron chi connectivity index (χ2n) is 5.26. The molecular weight excluding hydrogens is 316 g/mol. The zero-order chi connectivity index (χ0) is 17.9. The highest BCUT2D eigenvalue weighted by Crippen LogP contribution is 2.15. The summed E-state index contributed by atoms with van der Waals surface area (Å²) >= 11 is 0. The number of imide groups is 1. The molecule has 1 aromatic rings. The molecule has 24 heavy (non-hydrogen) atoms. The van der Waals surface area contributed by atoms with Crippen molar-refractivity contribution in [1.82, 2.24) is 10.6 Å². The Morgan fingerprint density at radius 2 is 1.88 bits per heavy atom. The first-order valence-corrected chi connectivity index (χ1v) is 7.32. The Balaban J connectivity index is 2.29. The first kappa shape index (κ1) is 19.1. The van der Waals surface area contributed by atoms with E-state index in [1.54, 1.807) is 12.1 Å². The number of urea groups is 1. The van der Waals surface area contributed by atoms with Crippen LogP contribution in [0.15, 0.2) is 24.3 Å². The lowest BCUT2D eigenvalue weighted by atomic mass is 10.2. The van der Waals surface area contributed by atoms with Gasteiger partial charge >= 0.3 is 12.0 Å². The number of benzene rings is 1. The normalized spacial score (nSPS) is 9.96. The van der Waals surface area contributed by atoms with Crippen LogP contribution < -0.4 is 15.4 Å². The van der Waals surface area contributed by atoms with Gasteiger partial charge in [-0.3, -0.25) is 14.9 Å². The van der Waals surface area contributed by atoms with Crippen LogP contribution in [0.25, 0.3) is 0 Å². The molecule has 0 radical (unpaired) electrons.